The van der Waals surface area contributed by atoms with Crippen LogP contribution in [0, 0.1) is 11.7 Å². The van der Waals surface area contributed by atoms with Gasteiger partial charge >= 0.3 is 0 Å². The lowest BCUT2D eigenvalue weighted by Gasteiger charge is -2.38. The number of benzene rings is 2. The molecule has 1 amide bonds. The fourth-order valence-electron chi connectivity index (χ4n) is 4.65. The number of hydrogen-bond acceptors (Lipinski definition) is 3. The van der Waals surface area contributed by atoms with E-state index in [9.17, 15) is 9.18 Å². The summed E-state index contributed by atoms with van der Waals surface area (Å²) in [5.41, 5.74) is 1.91. The number of nitrogens with zero attached hydrogens (tertiary/aromatic N) is 2. The largest absolute Gasteiger partial charge is 0.497 e. The normalized spacial score (nSPS) is 22.1. The lowest BCUT2D eigenvalue weighted by molar-refractivity contribution is -0.919. The first-order valence-electron chi connectivity index (χ1n) is 10.9. The van der Waals surface area contributed by atoms with Crippen LogP contribution in [0.5, 0.6) is 5.75 Å². The lowest BCUT2D eigenvalue weighted by Crippen LogP contribution is -3.11. The van der Waals surface area contributed by atoms with Crippen LogP contribution in [0.2, 0.25) is 0 Å². The van der Waals surface area contributed by atoms with Crippen molar-refractivity contribution >= 4 is 11.6 Å². The van der Waals surface area contributed by atoms with Crippen LogP contribution in [0.15, 0.2) is 48.5 Å². The molecule has 2 aliphatic rings. The van der Waals surface area contributed by atoms with Gasteiger partial charge in [-0.25, -0.2) is 4.39 Å². The SMILES string of the molecule is COc1cccc(C[NH+]2CCC(C(=O)N3CCN(c4ccccc4F)CC3)CC2)c1. The summed E-state index contributed by atoms with van der Waals surface area (Å²) >= 11 is 0. The summed E-state index contributed by atoms with van der Waals surface area (Å²) in [6.45, 7) is 5.72. The van der Waals surface area contributed by atoms with Crippen LogP contribution in [0.1, 0.15) is 18.4 Å². The molecular weight excluding hydrogens is 381 g/mol. The third-order valence-electron chi connectivity index (χ3n) is 6.41. The summed E-state index contributed by atoms with van der Waals surface area (Å²) in [5, 5.41) is 0. The van der Waals surface area contributed by atoms with Crippen LogP contribution < -0.4 is 14.5 Å². The Balaban J connectivity index is 1.25. The molecule has 1 N–H and O–H groups in total. The first-order valence-corrected chi connectivity index (χ1v) is 10.9. The molecule has 0 radical (unpaired) electrons. The number of carbonyl (C=O) groups excluding carboxylic acids is 1. The molecule has 2 heterocycles. The molecule has 2 aromatic carbocycles. The number of rotatable bonds is 5. The van der Waals surface area contributed by atoms with Gasteiger partial charge in [0.15, 0.2) is 0 Å². The van der Waals surface area contributed by atoms with Gasteiger partial charge in [-0.05, 0) is 24.3 Å². The average molecular weight is 413 g/mol. The van der Waals surface area contributed by atoms with Gasteiger partial charge in [0, 0.05) is 50.5 Å². The predicted molar refractivity (Wildman–Crippen MR) is 115 cm³/mol. The Morgan fingerprint density at radius 1 is 1.07 bits per heavy atom. The number of quaternary nitrogens is 1. The van der Waals surface area contributed by atoms with E-state index in [0.717, 1.165) is 38.2 Å². The maximum atomic E-state index is 14.0. The molecule has 0 spiro atoms. The second kappa shape index (κ2) is 9.47. The zero-order chi connectivity index (χ0) is 20.9. The van der Waals surface area contributed by atoms with Gasteiger partial charge in [-0.3, -0.25) is 4.79 Å². The number of carbonyl (C=O) groups is 1. The van der Waals surface area contributed by atoms with Crippen LogP contribution >= 0.6 is 0 Å². The number of anilines is 1. The number of hydrogen-bond donors (Lipinski definition) is 1. The van der Waals surface area contributed by atoms with Gasteiger partial charge < -0.3 is 19.4 Å². The van der Waals surface area contributed by atoms with Crippen molar-refractivity contribution < 1.29 is 18.8 Å². The number of piperazine rings is 1. The first-order chi connectivity index (χ1) is 14.6. The van der Waals surface area contributed by atoms with Crippen LogP contribution in [0.25, 0.3) is 0 Å². The number of para-hydroxylation sites is 1. The standard InChI is InChI=1S/C24H30FN3O2/c1-30-21-6-4-5-19(17-21)18-26-11-9-20(10-12-26)24(29)28-15-13-27(14-16-28)23-8-3-2-7-22(23)25/h2-8,17,20H,9-16,18H2,1H3/p+1. The summed E-state index contributed by atoms with van der Waals surface area (Å²) in [7, 11) is 1.69. The molecule has 2 aliphatic heterocycles. The third kappa shape index (κ3) is 4.75. The summed E-state index contributed by atoms with van der Waals surface area (Å²) in [6, 6.07) is 15.1. The number of likely N-dealkylation sites (tertiary alicyclic amines) is 1. The molecule has 0 aromatic heterocycles. The number of methoxy groups -OCH3 is 1. The van der Waals surface area contributed by atoms with Crippen LogP contribution in [-0.2, 0) is 11.3 Å². The Morgan fingerprint density at radius 3 is 2.50 bits per heavy atom. The highest BCUT2D eigenvalue weighted by Gasteiger charge is 2.32. The van der Waals surface area contributed by atoms with Crippen LogP contribution in [0.4, 0.5) is 10.1 Å². The highest BCUT2D eigenvalue weighted by atomic mass is 19.1. The Bertz CT molecular complexity index is 859. The van der Waals surface area contributed by atoms with E-state index in [0.29, 0.717) is 31.9 Å². The smallest absolute Gasteiger partial charge is 0.226 e. The van der Waals surface area contributed by atoms with E-state index in [4.69, 9.17) is 4.74 Å². The van der Waals surface area contributed by atoms with E-state index in [1.807, 2.05) is 34.1 Å². The predicted octanol–water partition coefficient (Wildman–Crippen LogP) is 1.98. The first kappa shape index (κ1) is 20.7. The van der Waals surface area contributed by atoms with Gasteiger partial charge in [-0.1, -0.05) is 24.3 Å². The van der Waals surface area contributed by atoms with Crippen molar-refractivity contribution in [3.05, 3.63) is 59.9 Å². The van der Waals surface area contributed by atoms with Crippen molar-refractivity contribution in [1.29, 1.82) is 0 Å². The van der Waals surface area contributed by atoms with Crippen molar-refractivity contribution in [3.63, 3.8) is 0 Å². The van der Waals surface area contributed by atoms with E-state index in [1.165, 1.54) is 16.5 Å². The van der Waals surface area contributed by atoms with E-state index in [-0.39, 0.29) is 17.6 Å². The zero-order valence-corrected chi connectivity index (χ0v) is 17.6. The Labute approximate surface area is 178 Å². The molecule has 30 heavy (non-hydrogen) atoms. The summed E-state index contributed by atoms with van der Waals surface area (Å²) < 4.78 is 19.3. The zero-order valence-electron chi connectivity index (χ0n) is 17.6. The monoisotopic (exact) mass is 412 g/mol. The topological polar surface area (TPSA) is 37.2 Å². The molecule has 160 valence electrons. The Morgan fingerprint density at radius 2 is 1.80 bits per heavy atom. The van der Waals surface area contributed by atoms with Crippen molar-refractivity contribution in [2.45, 2.75) is 19.4 Å². The number of piperidine rings is 1. The van der Waals surface area contributed by atoms with Gasteiger partial charge in [0.25, 0.3) is 0 Å². The van der Waals surface area contributed by atoms with Gasteiger partial charge in [-0.15, -0.1) is 0 Å². The summed E-state index contributed by atoms with van der Waals surface area (Å²) in [4.78, 5) is 18.6. The average Bonchev–Trinajstić information content (AvgIpc) is 2.80. The van der Waals surface area contributed by atoms with Crippen molar-refractivity contribution in [2.75, 3.05) is 51.3 Å². The van der Waals surface area contributed by atoms with E-state index in [2.05, 4.69) is 12.1 Å². The lowest BCUT2D eigenvalue weighted by atomic mass is 9.94. The molecule has 0 saturated carbocycles. The Kier molecular flexibility index (Phi) is 6.53. The molecule has 0 unspecified atom stereocenters. The fourth-order valence-corrected chi connectivity index (χ4v) is 4.65. The minimum atomic E-state index is -0.191. The molecule has 2 aromatic rings. The highest BCUT2D eigenvalue weighted by molar-refractivity contribution is 5.79. The second-order valence-electron chi connectivity index (χ2n) is 8.32. The molecule has 5 nitrogen and oxygen atoms in total. The second-order valence-corrected chi connectivity index (χ2v) is 8.32. The number of amides is 1. The minimum absolute atomic E-state index is 0.124. The molecule has 6 heteroatoms. The van der Waals surface area contributed by atoms with Crippen LogP contribution in [0.3, 0.4) is 0 Å². The number of nitrogens with one attached hydrogen (secondary N) is 1. The Hall–Kier alpha value is -2.60. The van der Waals surface area contributed by atoms with E-state index < -0.39 is 0 Å². The van der Waals surface area contributed by atoms with Crippen molar-refractivity contribution in [2.24, 2.45) is 5.92 Å². The van der Waals surface area contributed by atoms with Crippen molar-refractivity contribution in [1.82, 2.24) is 4.90 Å². The van der Waals surface area contributed by atoms with Crippen LogP contribution in [-0.4, -0.2) is 57.2 Å². The maximum absolute atomic E-state index is 14.0. The minimum Gasteiger partial charge on any atom is -0.497 e. The summed E-state index contributed by atoms with van der Waals surface area (Å²) in [6.07, 6.45) is 1.87. The molecule has 0 atom stereocenters. The third-order valence-corrected chi connectivity index (χ3v) is 6.41. The van der Waals surface area contributed by atoms with Gasteiger partial charge in [-0.2, -0.15) is 0 Å². The number of halogens is 1. The molecule has 2 saturated heterocycles. The quantitative estimate of drug-likeness (QED) is 0.816. The van der Waals surface area contributed by atoms with E-state index in [1.54, 1.807) is 13.2 Å². The molecule has 0 bridgehead atoms. The van der Waals surface area contributed by atoms with Gasteiger partial charge in [0.2, 0.25) is 5.91 Å². The van der Waals surface area contributed by atoms with E-state index >= 15 is 0 Å². The fraction of sp³-hybridized carbons (Fsp3) is 0.458. The molecule has 4 rings (SSSR count). The van der Waals surface area contributed by atoms with Gasteiger partial charge in [0.1, 0.15) is 18.1 Å². The molecule has 2 fully saturated rings. The number of ether oxygens (including phenoxy) is 1. The van der Waals surface area contributed by atoms with Crippen molar-refractivity contribution in [3.8, 4) is 5.75 Å². The maximum Gasteiger partial charge on any atom is 0.226 e. The highest BCUT2D eigenvalue weighted by Crippen LogP contribution is 2.22. The summed E-state index contributed by atoms with van der Waals surface area (Å²) in [5.74, 6) is 1.11. The van der Waals surface area contributed by atoms with Gasteiger partial charge in [0.05, 0.1) is 25.9 Å². The molecule has 0 aliphatic carbocycles. The molecular formula is C24H31FN3O2+.